The minimum atomic E-state index is -0.638. The van der Waals surface area contributed by atoms with E-state index in [0.29, 0.717) is 17.0 Å². The van der Waals surface area contributed by atoms with Crippen molar-refractivity contribution >= 4 is 11.7 Å². The zero-order chi connectivity index (χ0) is 18.1. The monoisotopic (exact) mass is 343 g/mol. The van der Waals surface area contributed by atoms with E-state index in [1.54, 1.807) is 37.7 Å². The highest BCUT2D eigenvalue weighted by Crippen LogP contribution is 2.37. The second kappa shape index (κ2) is 6.78. The van der Waals surface area contributed by atoms with Gasteiger partial charge in [-0.05, 0) is 50.3 Å². The highest BCUT2D eigenvalue weighted by Gasteiger charge is 2.32. The zero-order valence-electron chi connectivity index (χ0n) is 14.7. The normalized spacial score (nSPS) is 15.5. The van der Waals surface area contributed by atoms with Gasteiger partial charge in [0.15, 0.2) is 0 Å². The summed E-state index contributed by atoms with van der Waals surface area (Å²) in [6.07, 6.45) is 3.08. The quantitative estimate of drug-likeness (QED) is 0.670. The molecule has 0 spiro atoms. The number of halogens is 1. The second-order valence-electron chi connectivity index (χ2n) is 6.69. The fourth-order valence-electron chi connectivity index (χ4n) is 3.34. The van der Waals surface area contributed by atoms with E-state index >= 15 is 0 Å². The highest BCUT2D eigenvalue weighted by atomic mass is 19.1. The molecule has 1 heterocycles. The number of Topliss-reactive ketones (excluding diaryl/α,β-unsaturated/α-hetero) is 1. The van der Waals surface area contributed by atoms with E-state index in [4.69, 9.17) is 0 Å². The number of aryl methyl sites for hydroxylation is 2. The Bertz CT molecular complexity index is 807. The van der Waals surface area contributed by atoms with Gasteiger partial charge in [-0.3, -0.25) is 14.3 Å². The Morgan fingerprint density at radius 2 is 1.88 bits per heavy atom. The number of ketones is 1. The number of rotatable bonds is 5. The van der Waals surface area contributed by atoms with Gasteiger partial charge < -0.3 is 5.32 Å². The predicted molar refractivity (Wildman–Crippen MR) is 91.6 cm³/mol. The summed E-state index contributed by atoms with van der Waals surface area (Å²) < 4.78 is 14.8. The number of amides is 1. The van der Waals surface area contributed by atoms with Gasteiger partial charge >= 0.3 is 0 Å². The Kier molecular flexibility index (Phi) is 4.70. The fraction of sp³-hybridized carbons (Fsp3) is 0.421. The molecule has 6 heteroatoms. The summed E-state index contributed by atoms with van der Waals surface area (Å²) in [4.78, 5) is 25.2. The largest absolute Gasteiger partial charge is 0.342 e. The summed E-state index contributed by atoms with van der Waals surface area (Å²) in [6, 6.07) is 5.82. The van der Waals surface area contributed by atoms with E-state index in [1.165, 1.54) is 12.1 Å². The van der Waals surface area contributed by atoms with Crippen LogP contribution in [0, 0.1) is 25.6 Å². The average Bonchev–Trinajstić information content (AvgIpc) is 2.77. The van der Waals surface area contributed by atoms with Crippen molar-refractivity contribution in [1.29, 1.82) is 0 Å². The third-order valence-corrected chi connectivity index (χ3v) is 5.08. The lowest BCUT2D eigenvalue weighted by atomic mass is 9.77. The standard InChI is InChI=1S/C19H22FN3O2/c1-11-16(12(2)23(3)22-11)18(24)19(25)21-17(13-5-4-6-13)14-7-9-15(20)10-8-14/h7-10,13,17H,4-6H2,1-3H3,(H,21,25). The Labute approximate surface area is 146 Å². The predicted octanol–water partition coefficient (Wildman–Crippen LogP) is 3.02. The molecular formula is C19H22FN3O2. The van der Waals surface area contributed by atoms with E-state index in [1.807, 2.05) is 0 Å². The molecule has 1 amide bonds. The van der Waals surface area contributed by atoms with Crippen molar-refractivity contribution < 1.29 is 14.0 Å². The molecule has 25 heavy (non-hydrogen) atoms. The molecule has 1 aliphatic rings. The first-order valence-electron chi connectivity index (χ1n) is 8.49. The molecule has 1 atom stereocenters. The van der Waals surface area contributed by atoms with E-state index in [0.717, 1.165) is 24.8 Å². The molecule has 1 saturated carbocycles. The maximum absolute atomic E-state index is 13.2. The van der Waals surface area contributed by atoms with E-state index in [2.05, 4.69) is 10.4 Å². The molecule has 1 N–H and O–H groups in total. The molecule has 5 nitrogen and oxygen atoms in total. The Balaban J connectivity index is 1.82. The maximum atomic E-state index is 13.2. The van der Waals surface area contributed by atoms with Crippen molar-refractivity contribution in [2.45, 2.75) is 39.2 Å². The van der Waals surface area contributed by atoms with Crippen LogP contribution in [0.5, 0.6) is 0 Å². The number of nitrogens with zero attached hydrogens (tertiary/aromatic N) is 2. The zero-order valence-corrected chi connectivity index (χ0v) is 14.7. The summed E-state index contributed by atoms with van der Waals surface area (Å²) in [7, 11) is 1.74. The Morgan fingerprint density at radius 1 is 1.24 bits per heavy atom. The Hall–Kier alpha value is -2.50. The Morgan fingerprint density at radius 3 is 2.36 bits per heavy atom. The average molecular weight is 343 g/mol. The molecule has 0 radical (unpaired) electrons. The molecule has 1 unspecified atom stereocenters. The third kappa shape index (κ3) is 3.34. The SMILES string of the molecule is Cc1nn(C)c(C)c1C(=O)C(=O)NC(c1ccc(F)cc1)C1CCC1. The van der Waals surface area contributed by atoms with Crippen LogP contribution < -0.4 is 5.32 Å². The summed E-state index contributed by atoms with van der Waals surface area (Å²) in [5, 5.41) is 7.07. The lowest BCUT2D eigenvalue weighted by Crippen LogP contribution is -2.40. The first kappa shape index (κ1) is 17.3. The minimum Gasteiger partial charge on any atom is -0.342 e. The van der Waals surface area contributed by atoms with Gasteiger partial charge in [0, 0.05) is 12.7 Å². The van der Waals surface area contributed by atoms with Crippen LogP contribution in [-0.4, -0.2) is 21.5 Å². The number of aromatic nitrogens is 2. The van der Waals surface area contributed by atoms with Crippen LogP contribution in [0.2, 0.25) is 0 Å². The number of nitrogens with one attached hydrogen (secondary N) is 1. The number of benzene rings is 1. The smallest absolute Gasteiger partial charge is 0.293 e. The number of hydrogen-bond acceptors (Lipinski definition) is 3. The topological polar surface area (TPSA) is 64.0 Å². The molecule has 3 rings (SSSR count). The second-order valence-corrected chi connectivity index (χ2v) is 6.69. The van der Waals surface area contributed by atoms with Crippen LogP contribution in [0.15, 0.2) is 24.3 Å². The molecule has 0 saturated heterocycles. The van der Waals surface area contributed by atoms with Gasteiger partial charge in [-0.15, -0.1) is 0 Å². The van der Waals surface area contributed by atoms with Gasteiger partial charge in [0.05, 0.1) is 17.3 Å². The van der Waals surface area contributed by atoms with Crippen molar-refractivity contribution in [3.63, 3.8) is 0 Å². The fourth-order valence-corrected chi connectivity index (χ4v) is 3.34. The molecule has 0 aliphatic heterocycles. The van der Waals surface area contributed by atoms with Crippen molar-refractivity contribution in [3.05, 3.63) is 52.6 Å². The van der Waals surface area contributed by atoms with Crippen LogP contribution in [-0.2, 0) is 11.8 Å². The van der Waals surface area contributed by atoms with Crippen LogP contribution >= 0.6 is 0 Å². The van der Waals surface area contributed by atoms with E-state index in [9.17, 15) is 14.0 Å². The first-order chi connectivity index (χ1) is 11.9. The molecule has 1 aromatic carbocycles. The van der Waals surface area contributed by atoms with Gasteiger partial charge in [-0.25, -0.2) is 4.39 Å². The van der Waals surface area contributed by atoms with Crippen LogP contribution in [0.4, 0.5) is 4.39 Å². The summed E-state index contributed by atoms with van der Waals surface area (Å²) in [5.74, 6) is -1.26. The van der Waals surface area contributed by atoms with Crippen LogP contribution in [0.25, 0.3) is 0 Å². The molecule has 1 aliphatic carbocycles. The highest BCUT2D eigenvalue weighted by molar-refractivity contribution is 6.43. The maximum Gasteiger partial charge on any atom is 0.293 e. The van der Waals surface area contributed by atoms with Crippen LogP contribution in [0.3, 0.4) is 0 Å². The van der Waals surface area contributed by atoms with E-state index in [-0.39, 0.29) is 17.8 Å². The lowest BCUT2D eigenvalue weighted by Gasteiger charge is -2.34. The summed E-state index contributed by atoms with van der Waals surface area (Å²) >= 11 is 0. The van der Waals surface area contributed by atoms with Gasteiger partial charge in [-0.2, -0.15) is 5.10 Å². The minimum absolute atomic E-state index is 0.275. The number of carbonyl (C=O) groups is 2. The van der Waals surface area contributed by atoms with Gasteiger partial charge in [0.25, 0.3) is 11.7 Å². The van der Waals surface area contributed by atoms with Crippen molar-refractivity contribution in [1.82, 2.24) is 15.1 Å². The van der Waals surface area contributed by atoms with Crippen molar-refractivity contribution in [2.75, 3.05) is 0 Å². The van der Waals surface area contributed by atoms with Gasteiger partial charge in [0.1, 0.15) is 5.82 Å². The van der Waals surface area contributed by atoms with E-state index < -0.39 is 11.7 Å². The molecule has 132 valence electrons. The number of carbonyl (C=O) groups excluding carboxylic acids is 2. The third-order valence-electron chi connectivity index (χ3n) is 5.08. The summed E-state index contributed by atoms with van der Waals surface area (Å²) in [6.45, 7) is 3.49. The van der Waals surface area contributed by atoms with Gasteiger partial charge in [-0.1, -0.05) is 18.6 Å². The number of hydrogen-bond donors (Lipinski definition) is 1. The molecule has 2 aromatic rings. The first-order valence-corrected chi connectivity index (χ1v) is 8.49. The molecule has 1 aromatic heterocycles. The molecule has 0 bridgehead atoms. The molecule has 1 fully saturated rings. The van der Waals surface area contributed by atoms with Crippen molar-refractivity contribution in [2.24, 2.45) is 13.0 Å². The molecular weight excluding hydrogens is 321 g/mol. The van der Waals surface area contributed by atoms with Crippen molar-refractivity contribution in [3.8, 4) is 0 Å². The van der Waals surface area contributed by atoms with Crippen LogP contribution in [0.1, 0.15) is 52.6 Å². The van der Waals surface area contributed by atoms with Gasteiger partial charge in [0.2, 0.25) is 0 Å². The summed E-state index contributed by atoms with van der Waals surface area (Å²) in [5.41, 5.74) is 2.39. The lowest BCUT2D eigenvalue weighted by molar-refractivity contribution is -0.118.